The van der Waals surface area contributed by atoms with Crippen molar-refractivity contribution in [1.29, 1.82) is 0 Å². The van der Waals surface area contributed by atoms with Gasteiger partial charge in [0, 0.05) is 11.2 Å². The standard InChI is InChI=1S/C13H10ClNO3/c1-8-5-6-15-12(11(8)13(16)17)18-10-4-2-3-9(14)7-10/h2-7H,1H3,(H,16,17). The van der Waals surface area contributed by atoms with Crippen LogP contribution < -0.4 is 4.74 Å². The van der Waals surface area contributed by atoms with Crippen LogP contribution in [-0.4, -0.2) is 16.1 Å². The molecule has 1 heterocycles. The van der Waals surface area contributed by atoms with Crippen molar-refractivity contribution in [2.75, 3.05) is 0 Å². The summed E-state index contributed by atoms with van der Waals surface area (Å²) in [4.78, 5) is 15.1. The molecule has 18 heavy (non-hydrogen) atoms. The second kappa shape index (κ2) is 5.06. The number of halogens is 1. The van der Waals surface area contributed by atoms with Crippen LogP contribution in [0.15, 0.2) is 36.5 Å². The predicted octanol–water partition coefficient (Wildman–Crippen LogP) is 3.53. The van der Waals surface area contributed by atoms with Gasteiger partial charge in [0.2, 0.25) is 5.88 Å². The van der Waals surface area contributed by atoms with Crippen LogP contribution in [0.4, 0.5) is 0 Å². The van der Waals surface area contributed by atoms with Crippen molar-refractivity contribution in [2.45, 2.75) is 6.92 Å². The van der Waals surface area contributed by atoms with Gasteiger partial charge in [-0.25, -0.2) is 9.78 Å². The van der Waals surface area contributed by atoms with Gasteiger partial charge < -0.3 is 9.84 Å². The number of aromatic nitrogens is 1. The third-order valence-corrected chi connectivity index (χ3v) is 2.58. The molecule has 4 nitrogen and oxygen atoms in total. The van der Waals surface area contributed by atoms with Crippen LogP contribution in [0.3, 0.4) is 0 Å². The normalized spacial score (nSPS) is 10.1. The largest absolute Gasteiger partial charge is 0.477 e. The molecule has 92 valence electrons. The second-order valence-corrected chi connectivity index (χ2v) is 4.11. The summed E-state index contributed by atoms with van der Waals surface area (Å²) < 4.78 is 5.46. The number of aromatic carboxylic acids is 1. The molecule has 2 rings (SSSR count). The van der Waals surface area contributed by atoms with E-state index in [9.17, 15) is 4.79 Å². The molecule has 0 aliphatic rings. The van der Waals surface area contributed by atoms with Crippen LogP contribution in [0.25, 0.3) is 0 Å². The summed E-state index contributed by atoms with van der Waals surface area (Å²) in [6, 6.07) is 8.32. The molecule has 2 aromatic rings. The summed E-state index contributed by atoms with van der Waals surface area (Å²) in [6.45, 7) is 1.69. The Hall–Kier alpha value is -2.07. The number of aryl methyl sites for hydroxylation is 1. The summed E-state index contributed by atoms with van der Waals surface area (Å²) in [5, 5.41) is 9.64. The highest BCUT2D eigenvalue weighted by atomic mass is 35.5. The van der Waals surface area contributed by atoms with Crippen LogP contribution in [0.2, 0.25) is 5.02 Å². The maximum atomic E-state index is 11.2. The molecule has 0 bridgehead atoms. The first-order chi connectivity index (χ1) is 8.58. The minimum Gasteiger partial charge on any atom is -0.477 e. The number of nitrogens with zero attached hydrogens (tertiary/aromatic N) is 1. The molecule has 1 N–H and O–H groups in total. The number of hydrogen-bond donors (Lipinski definition) is 1. The molecule has 0 atom stereocenters. The van der Waals surface area contributed by atoms with Crippen molar-refractivity contribution >= 4 is 17.6 Å². The van der Waals surface area contributed by atoms with E-state index in [1.807, 2.05) is 0 Å². The van der Waals surface area contributed by atoms with Crippen LogP contribution in [0.5, 0.6) is 11.6 Å². The van der Waals surface area contributed by atoms with Gasteiger partial charge in [-0.15, -0.1) is 0 Å². The van der Waals surface area contributed by atoms with Crippen LogP contribution in [0, 0.1) is 6.92 Å². The quantitative estimate of drug-likeness (QED) is 0.920. The van der Waals surface area contributed by atoms with Gasteiger partial charge in [0.25, 0.3) is 0 Å². The zero-order valence-corrected chi connectivity index (χ0v) is 10.3. The van der Waals surface area contributed by atoms with Crippen molar-refractivity contribution in [3.05, 3.63) is 52.7 Å². The Balaban J connectivity index is 2.40. The molecule has 1 aromatic carbocycles. The van der Waals surface area contributed by atoms with E-state index in [-0.39, 0.29) is 11.4 Å². The highest BCUT2D eigenvalue weighted by Crippen LogP contribution is 2.26. The first-order valence-electron chi connectivity index (χ1n) is 5.20. The minimum atomic E-state index is -1.07. The third-order valence-electron chi connectivity index (χ3n) is 2.35. The fourth-order valence-electron chi connectivity index (χ4n) is 1.51. The van der Waals surface area contributed by atoms with E-state index < -0.39 is 5.97 Å². The summed E-state index contributed by atoms with van der Waals surface area (Å²) in [6.07, 6.45) is 1.50. The van der Waals surface area contributed by atoms with E-state index in [0.717, 1.165) is 0 Å². The molecule has 0 amide bonds. The van der Waals surface area contributed by atoms with Crippen molar-refractivity contribution in [3.8, 4) is 11.6 Å². The van der Waals surface area contributed by atoms with Crippen molar-refractivity contribution in [3.63, 3.8) is 0 Å². The molecule has 0 saturated carbocycles. The second-order valence-electron chi connectivity index (χ2n) is 3.67. The fraction of sp³-hybridized carbons (Fsp3) is 0.0769. The number of pyridine rings is 1. The average Bonchev–Trinajstić information content (AvgIpc) is 2.28. The predicted molar refractivity (Wildman–Crippen MR) is 67.5 cm³/mol. The maximum Gasteiger partial charge on any atom is 0.341 e. The Kier molecular flexibility index (Phi) is 3.48. The number of carboxylic acid groups (broad SMARTS) is 1. The molecule has 0 fully saturated rings. The van der Waals surface area contributed by atoms with E-state index in [1.54, 1.807) is 37.3 Å². The van der Waals surface area contributed by atoms with Gasteiger partial charge in [0.15, 0.2) is 0 Å². The van der Waals surface area contributed by atoms with Gasteiger partial charge in [-0.3, -0.25) is 0 Å². The number of hydrogen-bond acceptors (Lipinski definition) is 3. The zero-order chi connectivity index (χ0) is 13.1. The topological polar surface area (TPSA) is 59.4 Å². The van der Waals surface area contributed by atoms with E-state index in [2.05, 4.69) is 4.98 Å². The minimum absolute atomic E-state index is 0.0532. The molecule has 0 aliphatic carbocycles. The molecule has 0 spiro atoms. The first kappa shape index (κ1) is 12.4. The lowest BCUT2D eigenvalue weighted by molar-refractivity contribution is 0.0692. The van der Waals surface area contributed by atoms with Crippen LogP contribution in [0.1, 0.15) is 15.9 Å². The summed E-state index contributed by atoms with van der Waals surface area (Å²) >= 11 is 5.83. The van der Waals surface area contributed by atoms with E-state index in [1.165, 1.54) is 6.20 Å². The zero-order valence-electron chi connectivity index (χ0n) is 9.55. The van der Waals surface area contributed by atoms with Crippen molar-refractivity contribution < 1.29 is 14.6 Å². The average molecular weight is 264 g/mol. The maximum absolute atomic E-state index is 11.2. The fourth-order valence-corrected chi connectivity index (χ4v) is 1.69. The first-order valence-corrected chi connectivity index (χ1v) is 5.58. The van der Waals surface area contributed by atoms with E-state index >= 15 is 0 Å². The van der Waals surface area contributed by atoms with Crippen LogP contribution in [-0.2, 0) is 0 Å². The lowest BCUT2D eigenvalue weighted by Gasteiger charge is -2.09. The van der Waals surface area contributed by atoms with Gasteiger partial charge in [-0.1, -0.05) is 17.7 Å². The van der Waals surface area contributed by atoms with Gasteiger partial charge in [-0.2, -0.15) is 0 Å². The highest BCUT2D eigenvalue weighted by molar-refractivity contribution is 6.30. The van der Waals surface area contributed by atoms with Gasteiger partial charge in [-0.05, 0) is 36.8 Å². The Morgan fingerprint density at radius 3 is 2.83 bits per heavy atom. The number of carbonyl (C=O) groups is 1. The smallest absolute Gasteiger partial charge is 0.341 e. The van der Waals surface area contributed by atoms with E-state index in [4.69, 9.17) is 21.4 Å². The number of ether oxygens (including phenoxy) is 1. The van der Waals surface area contributed by atoms with Crippen molar-refractivity contribution in [1.82, 2.24) is 4.98 Å². The summed E-state index contributed by atoms with van der Waals surface area (Å²) in [5.41, 5.74) is 0.645. The summed E-state index contributed by atoms with van der Waals surface area (Å²) in [7, 11) is 0. The number of carboxylic acids is 1. The molecule has 0 aliphatic heterocycles. The third kappa shape index (κ3) is 2.60. The Labute approximate surface area is 109 Å². The Morgan fingerprint density at radius 1 is 1.39 bits per heavy atom. The SMILES string of the molecule is Cc1ccnc(Oc2cccc(Cl)c2)c1C(=O)O. The van der Waals surface area contributed by atoms with Gasteiger partial charge >= 0.3 is 5.97 Å². The van der Waals surface area contributed by atoms with Crippen molar-refractivity contribution in [2.24, 2.45) is 0 Å². The number of rotatable bonds is 3. The molecule has 0 saturated heterocycles. The molecular weight excluding hydrogens is 254 g/mol. The molecular formula is C13H10ClNO3. The summed E-state index contributed by atoms with van der Waals surface area (Å²) in [5.74, 6) is -0.564. The van der Waals surface area contributed by atoms with Gasteiger partial charge in [0.05, 0.1) is 0 Å². The van der Waals surface area contributed by atoms with Crippen LogP contribution >= 0.6 is 11.6 Å². The Bertz CT molecular complexity index is 599. The van der Waals surface area contributed by atoms with E-state index in [0.29, 0.717) is 16.3 Å². The highest BCUT2D eigenvalue weighted by Gasteiger charge is 2.16. The lowest BCUT2D eigenvalue weighted by atomic mass is 10.1. The molecule has 1 aromatic heterocycles. The number of benzene rings is 1. The monoisotopic (exact) mass is 263 g/mol. The Morgan fingerprint density at radius 2 is 2.17 bits per heavy atom. The molecule has 0 unspecified atom stereocenters. The molecule has 0 radical (unpaired) electrons. The lowest BCUT2D eigenvalue weighted by Crippen LogP contribution is -2.04. The molecule has 5 heteroatoms. The van der Waals surface area contributed by atoms with Gasteiger partial charge in [0.1, 0.15) is 11.3 Å².